The maximum Gasteiger partial charge on any atom is 0.151 e. The van der Waals surface area contributed by atoms with Gasteiger partial charge in [0.15, 0.2) is 5.84 Å². The first-order valence-corrected chi connectivity index (χ1v) is 15.0. The Bertz CT molecular complexity index is 1210. The van der Waals surface area contributed by atoms with Crippen molar-refractivity contribution < 1.29 is 9.32 Å². The average molecular weight is 521 g/mol. The molecule has 1 heterocycles. The van der Waals surface area contributed by atoms with Crippen molar-refractivity contribution >= 4 is 11.6 Å². The number of amidine groups is 1. The summed E-state index contributed by atoms with van der Waals surface area (Å²) < 4.78 is 5.83. The summed E-state index contributed by atoms with van der Waals surface area (Å²) in [6.45, 7) is 16.9. The Labute approximate surface area is 228 Å². The Kier molecular flexibility index (Phi) is 5.47. The smallest absolute Gasteiger partial charge is 0.151 e. The fourth-order valence-corrected chi connectivity index (χ4v) is 11.8. The summed E-state index contributed by atoms with van der Waals surface area (Å²) in [5.74, 6) is 3.25. The summed E-state index contributed by atoms with van der Waals surface area (Å²) in [6.07, 6.45) is 11.0. The van der Waals surface area contributed by atoms with Crippen molar-refractivity contribution in [3.05, 3.63) is 17.5 Å². The SMILES string of the molecule is CN=C(N=N)[C@]12CCC(C)(C)C[C@H]1[C@H]1C(=O)C[C@@H]3[C@@]4(C)Cc5cnoc5C(C)(C)[C@@H]4CC[C@@]3(C)[C@]1(C)CC2. The maximum absolute atomic E-state index is 14.7. The van der Waals surface area contributed by atoms with E-state index in [1.165, 1.54) is 5.56 Å². The van der Waals surface area contributed by atoms with Crippen molar-refractivity contribution in [1.82, 2.24) is 5.16 Å². The van der Waals surface area contributed by atoms with Crippen LogP contribution in [0.5, 0.6) is 0 Å². The monoisotopic (exact) mass is 520 g/mol. The van der Waals surface area contributed by atoms with Gasteiger partial charge in [0.2, 0.25) is 0 Å². The third-order valence-corrected chi connectivity index (χ3v) is 13.7. The molecule has 0 spiro atoms. The standard InChI is InChI=1S/C32H48N4O2/c1-27(2)11-13-32(26(34-8)36-33)14-12-31(7)24(20(32)17-27)21(37)15-23-29(5)16-19-18-35-38-25(19)28(3,4)22(29)9-10-30(23,31)6/h18,20,22-24,33H,9-17H2,1-8H3/t20-,22-,23+,24-,29-,30+,31+,32-/m0/s1. The fraction of sp³-hybridized carbons (Fsp3) is 0.844. The normalized spacial score (nSPS) is 47.2. The molecule has 0 amide bonds. The maximum atomic E-state index is 14.7. The third kappa shape index (κ3) is 3.04. The number of aliphatic imine (C=N–C) groups is 1. The van der Waals surface area contributed by atoms with Crippen LogP contribution in [0.2, 0.25) is 0 Å². The molecule has 4 saturated carbocycles. The lowest BCUT2D eigenvalue weighted by atomic mass is 9.31. The number of fused-ring (bicyclic) bond motifs is 8. The van der Waals surface area contributed by atoms with Gasteiger partial charge in [0.25, 0.3) is 0 Å². The number of carbonyl (C=O) groups excluding carboxylic acids is 1. The number of aromatic nitrogens is 1. The zero-order valence-electron chi connectivity index (χ0n) is 24.9. The van der Waals surface area contributed by atoms with E-state index >= 15 is 0 Å². The van der Waals surface area contributed by atoms with Crippen LogP contribution in [0.15, 0.2) is 20.8 Å². The van der Waals surface area contributed by atoms with Crippen molar-refractivity contribution in [1.29, 1.82) is 5.53 Å². The highest BCUT2D eigenvalue weighted by Crippen LogP contribution is 2.76. The molecule has 5 aliphatic carbocycles. The summed E-state index contributed by atoms with van der Waals surface area (Å²) in [6, 6.07) is 0. The van der Waals surface area contributed by atoms with Gasteiger partial charge in [-0.2, -0.15) is 0 Å². The van der Waals surface area contributed by atoms with Crippen LogP contribution in [0.3, 0.4) is 0 Å². The third-order valence-electron chi connectivity index (χ3n) is 13.7. The number of hydrogen-bond donors (Lipinski definition) is 1. The van der Waals surface area contributed by atoms with Gasteiger partial charge < -0.3 is 4.52 Å². The number of carbonyl (C=O) groups is 1. The van der Waals surface area contributed by atoms with Gasteiger partial charge in [0, 0.05) is 35.8 Å². The summed E-state index contributed by atoms with van der Waals surface area (Å²) in [4.78, 5) is 19.2. The van der Waals surface area contributed by atoms with Crippen LogP contribution in [0, 0.1) is 56.3 Å². The zero-order valence-corrected chi connectivity index (χ0v) is 24.9. The molecule has 208 valence electrons. The molecule has 1 N–H and O–H groups in total. The molecule has 0 aliphatic heterocycles. The topological polar surface area (TPSA) is 91.7 Å². The van der Waals surface area contributed by atoms with E-state index in [9.17, 15) is 4.79 Å². The molecule has 8 atom stereocenters. The van der Waals surface area contributed by atoms with E-state index in [4.69, 9.17) is 10.1 Å². The lowest BCUT2D eigenvalue weighted by Gasteiger charge is -2.72. The van der Waals surface area contributed by atoms with Gasteiger partial charge >= 0.3 is 0 Å². The van der Waals surface area contributed by atoms with Crippen molar-refractivity contribution in [2.45, 2.75) is 112 Å². The Morgan fingerprint density at radius 3 is 2.39 bits per heavy atom. The first-order chi connectivity index (χ1) is 17.7. The van der Waals surface area contributed by atoms with Gasteiger partial charge in [-0.3, -0.25) is 9.79 Å². The second-order valence-corrected chi connectivity index (χ2v) is 16.0. The molecule has 5 aliphatic rings. The molecule has 4 fully saturated rings. The van der Waals surface area contributed by atoms with Crippen molar-refractivity contribution in [3.8, 4) is 0 Å². The fourth-order valence-electron chi connectivity index (χ4n) is 11.8. The molecule has 0 unspecified atom stereocenters. The van der Waals surface area contributed by atoms with E-state index in [0.29, 0.717) is 29.9 Å². The van der Waals surface area contributed by atoms with E-state index in [1.54, 1.807) is 7.05 Å². The minimum absolute atomic E-state index is 0.0125. The Morgan fingerprint density at radius 2 is 1.71 bits per heavy atom. The Hall–Kier alpha value is -1.85. The first kappa shape index (κ1) is 26.4. The van der Waals surface area contributed by atoms with Crippen LogP contribution in [0.25, 0.3) is 0 Å². The number of ketones is 1. The summed E-state index contributed by atoms with van der Waals surface area (Å²) in [7, 11) is 1.79. The predicted molar refractivity (Wildman–Crippen MR) is 148 cm³/mol. The van der Waals surface area contributed by atoms with E-state index in [2.05, 4.69) is 63.7 Å². The van der Waals surface area contributed by atoms with Gasteiger partial charge in [-0.05, 0) is 90.8 Å². The summed E-state index contributed by atoms with van der Waals surface area (Å²) in [5, 5.41) is 8.23. The van der Waals surface area contributed by atoms with E-state index in [-0.39, 0.29) is 44.3 Å². The van der Waals surface area contributed by atoms with Crippen LogP contribution >= 0.6 is 0 Å². The lowest BCUT2D eigenvalue weighted by Crippen LogP contribution is -2.69. The van der Waals surface area contributed by atoms with Gasteiger partial charge in [-0.1, -0.05) is 53.6 Å². The second-order valence-electron chi connectivity index (χ2n) is 16.0. The van der Waals surface area contributed by atoms with Gasteiger partial charge in [0.1, 0.15) is 11.5 Å². The van der Waals surface area contributed by atoms with Crippen LogP contribution in [0.1, 0.15) is 111 Å². The quantitative estimate of drug-likeness (QED) is 0.232. The van der Waals surface area contributed by atoms with E-state index in [0.717, 1.165) is 57.1 Å². The second kappa shape index (κ2) is 7.87. The number of nitrogens with zero attached hydrogens (tertiary/aromatic N) is 3. The van der Waals surface area contributed by atoms with Gasteiger partial charge in [0.05, 0.1) is 6.20 Å². The minimum atomic E-state index is -0.236. The van der Waals surface area contributed by atoms with Crippen LogP contribution in [0.4, 0.5) is 0 Å². The molecule has 1 aromatic rings. The van der Waals surface area contributed by atoms with Gasteiger partial charge in [-0.25, -0.2) is 5.53 Å². The molecule has 0 saturated heterocycles. The van der Waals surface area contributed by atoms with E-state index in [1.807, 2.05) is 6.20 Å². The van der Waals surface area contributed by atoms with E-state index < -0.39 is 0 Å². The molecular formula is C32H48N4O2. The van der Waals surface area contributed by atoms with Crippen molar-refractivity contribution in [2.75, 3.05) is 7.05 Å². The first-order valence-electron chi connectivity index (χ1n) is 15.0. The molecule has 0 bridgehead atoms. The van der Waals surface area contributed by atoms with Crippen LogP contribution in [-0.2, 0) is 16.6 Å². The molecular weight excluding hydrogens is 472 g/mol. The number of nitrogens with one attached hydrogen (secondary N) is 1. The van der Waals surface area contributed by atoms with Gasteiger partial charge in [-0.15, -0.1) is 5.11 Å². The van der Waals surface area contributed by atoms with Crippen LogP contribution < -0.4 is 0 Å². The predicted octanol–water partition coefficient (Wildman–Crippen LogP) is 7.81. The summed E-state index contributed by atoms with van der Waals surface area (Å²) >= 11 is 0. The average Bonchev–Trinajstić information content (AvgIpc) is 3.30. The molecule has 38 heavy (non-hydrogen) atoms. The lowest BCUT2D eigenvalue weighted by molar-refractivity contribution is -0.222. The Balaban J connectivity index is 1.47. The molecule has 0 aromatic carbocycles. The number of hydrogen-bond acceptors (Lipinski definition) is 5. The Morgan fingerprint density at radius 1 is 1.00 bits per heavy atom. The van der Waals surface area contributed by atoms with Crippen molar-refractivity contribution in [2.24, 2.45) is 60.9 Å². The molecule has 6 rings (SSSR count). The van der Waals surface area contributed by atoms with Crippen molar-refractivity contribution in [3.63, 3.8) is 0 Å². The zero-order chi connectivity index (χ0) is 27.5. The largest absolute Gasteiger partial charge is 0.361 e. The highest BCUT2D eigenvalue weighted by atomic mass is 16.5. The number of rotatable bonds is 1. The van der Waals surface area contributed by atoms with Crippen LogP contribution in [-0.4, -0.2) is 23.8 Å². The number of Topliss-reactive ketones (excluding diaryl/α,β-unsaturated/α-hetero) is 1. The summed E-state index contributed by atoms with van der Waals surface area (Å²) in [5.41, 5.74) is 9.19. The molecule has 6 heteroatoms. The molecule has 1 aromatic heterocycles. The highest BCUT2D eigenvalue weighted by molar-refractivity contribution is 5.91. The molecule has 6 nitrogen and oxygen atoms in total. The minimum Gasteiger partial charge on any atom is -0.361 e. The molecule has 0 radical (unpaired) electrons. The highest BCUT2D eigenvalue weighted by Gasteiger charge is 2.72.